The quantitative estimate of drug-likeness (QED) is 0.178. The number of hydrogen-bond donors (Lipinski definition) is 0. The molecule has 0 unspecified atom stereocenters. The number of fused-ring (bicyclic) bond motifs is 7. The molecule has 11 rings (SSSR count). The van der Waals surface area contributed by atoms with E-state index in [-0.39, 0.29) is 5.41 Å². The van der Waals surface area contributed by atoms with Gasteiger partial charge in [-0.15, -0.1) is 0 Å². The number of furan rings is 1. The predicted molar refractivity (Wildman–Crippen MR) is 232 cm³/mol. The lowest BCUT2D eigenvalue weighted by Crippen LogP contribution is -2.14. The maximum atomic E-state index is 6.10. The van der Waals surface area contributed by atoms with Crippen LogP contribution in [0.4, 0.5) is 0 Å². The summed E-state index contributed by atoms with van der Waals surface area (Å²) in [6, 6.07) is 64.8. The van der Waals surface area contributed by atoms with Crippen LogP contribution in [0.2, 0.25) is 0 Å². The molecule has 10 aromatic rings. The van der Waals surface area contributed by atoms with Crippen molar-refractivity contribution in [1.82, 2.24) is 9.97 Å². The molecule has 0 saturated heterocycles. The van der Waals surface area contributed by atoms with E-state index in [0.717, 1.165) is 66.7 Å². The summed E-state index contributed by atoms with van der Waals surface area (Å²) in [6.07, 6.45) is 0. The maximum absolute atomic E-state index is 6.10. The summed E-state index contributed by atoms with van der Waals surface area (Å²) < 4.78 is 6.10. The molecule has 1 aliphatic carbocycles. The van der Waals surface area contributed by atoms with Gasteiger partial charge in [0.2, 0.25) is 0 Å². The van der Waals surface area contributed by atoms with Crippen LogP contribution in [-0.4, -0.2) is 9.97 Å². The van der Waals surface area contributed by atoms with Crippen molar-refractivity contribution in [2.75, 3.05) is 0 Å². The van der Waals surface area contributed by atoms with Gasteiger partial charge in [-0.1, -0.05) is 159 Å². The van der Waals surface area contributed by atoms with Crippen molar-refractivity contribution in [2.24, 2.45) is 0 Å². The number of rotatable bonds is 5. The van der Waals surface area contributed by atoms with E-state index in [4.69, 9.17) is 14.4 Å². The van der Waals surface area contributed by atoms with E-state index in [9.17, 15) is 0 Å². The van der Waals surface area contributed by atoms with E-state index in [1.165, 1.54) is 38.6 Å². The summed E-state index contributed by atoms with van der Waals surface area (Å²) in [5.74, 6) is 0.700. The molecule has 0 fully saturated rings. The van der Waals surface area contributed by atoms with E-state index in [1.807, 2.05) is 30.3 Å². The van der Waals surface area contributed by atoms with Gasteiger partial charge in [0.25, 0.3) is 0 Å². The van der Waals surface area contributed by atoms with E-state index >= 15 is 0 Å². The zero-order valence-electron chi connectivity index (χ0n) is 31.1. The van der Waals surface area contributed by atoms with Crippen molar-refractivity contribution in [2.45, 2.75) is 19.3 Å². The summed E-state index contributed by atoms with van der Waals surface area (Å²) in [4.78, 5) is 10.5. The molecule has 0 radical (unpaired) electrons. The minimum Gasteiger partial charge on any atom is -0.456 e. The SMILES string of the molecule is CC1(C)c2cc3ccccc3cc2-c2c(-c3ccccc3-c3cc(-c4ccc(-c5ccc6oc7ccccc7c6c5)cc4)nc(-c4ccccc4)n3)cccc21. The number of aromatic nitrogens is 2. The third-order valence-electron chi connectivity index (χ3n) is 11.7. The Hall–Kier alpha value is -7.10. The van der Waals surface area contributed by atoms with Crippen LogP contribution >= 0.6 is 0 Å². The van der Waals surface area contributed by atoms with Crippen LogP contribution < -0.4 is 0 Å². The molecular formula is C53H36N2O. The Labute approximate surface area is 325 Å². The van der Waals surface area contributed by atoms with Crippen LogP contribution in [0.1, 0.15) is 25.0 Å². The Morgan fingerprint density at radius 3 is 1.88 bits per heavy atom. The normalized spacial score (nSPS) is 13.0. The first-order chi connectivity index (χ1) is 27.5. The largest absolute Gasteiger partial charge is 0.456 e. The summed E-state index contributed by atoms with van der Waals surface area (Å²) in [5, 5.41) is 4.78. The maximum Gasteiger partial charge on any atom is 0.160 e. The van der Waals surface area contributed by atoms with E-state index < -0.39 is 0 Å². The van der Waals surface area contributed by atoms with Crippen molar-refractivity contribution in [3.8, 4) is 67.3 Å². The van der Waals surface area contributed by atoms with Gasteiger partial charge in [0.1, 0.15) is 11.2 Å². The fourth-order valence-electron chi connectivity index (χ4n) is 8.83. The Balaban J connectivity index is 1.05. The van der Waals surface area contributed by atoms with E-state index in [0.29, 0.717) is 5.82 Å². The van der Waals surface area contributed by atoms with Gasteiger partial charge in [0, 0.05) is 32.9 Å². The minimum atomic E-state index is -0.132. The lowest BCUT2D eigenvalue weighted by molar-refractivity contribution is 0.661. The predicted octanol–water partition coefficient (Wildman–Crippen LogP) is 14.2. The van der Waals surface area contributed by atoms with Gasteiger partial charge in [0.15, 0.2) is 5.82 Å². The van der Waals surface area contributed by atoms with Gasteiger partial charge in [-0.05, 0) is 91.7 Å². The molecule has 0 atom stereocenters. The van der Waals surface area contributed by atoms with Gasteiger partial charge in [-0.25, -0.2) is 9.97 Å². The second-order valence-electron chi connectivity index (χ2n) is 15.4. The molecule has 0 amide bonds. The molecule has 0 bridgehead atoms. The first-order valence-corrected chi connectivity index (χ1v) is 19.2. The number of benzene rings is 8. The lowest BCUT2D eigenvalue weighted by atomic mass is 9.81. The van der Waals surface area contributed by atoms with E-state index in [1.54, 1.807) is 0 Å². The highest BCUT2D eigenvalue weighted by Gasteiger charge is 2.37. The zero-order chi connectivity index (χ0) is 37.4. The third-order valence-corrected chi connectivity index (χ3v) is 11.7. The first kappa shape index (κ1) is 32.3. The number of hydrogen-bond acceptors (Lipinski definition) is 3. The highest BCUT2D eigenvalue weighted by molar-refractivity contribution is 6.06. The Morgan fingerprint density at radius 1 is 0.393 bits per heavy atom. The van der Waals surface area contributed by atoms with Crippen LogP contribution in [0.3, 0.4) is 0 Å². The van der Waals surface area contributed by atoms with E-state index in [2.05, 4.69) is 166 Å². The molecule has 0 saturated carbocycles. The van der Waals surface area contributed by atoms with Crippen LogP contribution in [0.5, 0.6) is 0 Å². The summed E-state index contributed by atoms with van der Waals surface area (Å²) in [5.41, 5.74) is 16.5. The van der Waals surface area contributed by atoms with Gasteiger partial charge >= 0.3 is 0 Å². The smallest absolute Gasteiger partial charge is 0.160 e. The fraction of sp³-hybridized carbons (Fsp3) is 0.0566. The minimum absolute atomic E-state index is 0.132. The molecule has 264 valence electrons. The molecule has 3 heteroatoms. The van der Waals surface area contributed by atoms with Gasteiger partial charge in [-0.3, -0.25) is 0 Å². The molecule has 0 spiro atoms. The van der Waals surface area contributed by atoms with Crippen LogP contribution in [0.15, 0.2) is 186 Å². The summed E-state index contributed by atoms with van der Waals surface area (Å²) in [6.45, 7) is 4.71. The van der Waals surface area contributed by atoms with Gasteiger partial charge in [0.05, 0.1) is 11.4 Å². The second-order valence-corrected chi connectivity index (χ2v) is 15.4. The molecular weight excluding hydrogens is 681 g/mol. The molecule has 56 heavy (non-hydrogen) atoms. The summed E-state index contributed by atoms with van der Waals surface area (Å²) in [7, 11) is 0. The standard InChI is InChI=1S/C53H36N2O/c1-53(2)45-21-12-20-42(51(45)44-30-36-15-6-7-16-37(36)31-46(44)53)39-17-8-9-18-40(39)48-32-47(54-52(55-48)35-13-4-3-5-14-35)34-25-23-33(24-26-34)38-27-28-50-43(29-38)41-19-10-11-22-49(41)56-50/h3-32H,1-2H3. The molecule has 8 aromatic carbocycles. The highest BCUT2D eigenvalue weighted by atomic mass is 16.3. The number of nitrogens with zero attached hydrogens (tertiary/aromatic N) is 2. The molecule has 0 aliphatic heterocycles. The Kier molecular flexibility index (Phi) is 7.20. The average molecular weight is 717 g/mol. The second kappa shape index (κ2) is 12.5. The zero-order valence-corrected chi connectivity index (χ0v) is 31.1. The topological polar surface area (TPSA) is 38.9 Å². The van der Waals surface area contributed by atoms with Crippen molar-refractivity contribution in [3.63, 3.8) is 0 Å². The van der Waals surface area contributed by atoms with Crippen molar-refractivity contribution < 1.29 is 4.42 Å². The van der Waals surface area contributed by atoms with Crippen LogP contribution in [0.25, 0.3) is 100.0 Å². The van der Waals surface area contributed by atoms with Crippen LogP contribution in [0, 0.1) is 0 Å². The van der Waals surface area contributed by atoms with Crippen molar-refractivity contribution >= 4 is 32.7 Å². The molecule has 2 heterocycles. The monoisotopic (exact) mass is 716 g/mol. The summed E-state index contributed by atoms with van der Waals surface area (Å²) >= 11 is 0. The number of para-hydroxylation sites is 1. The van der Waals surface area contributed by atoms with Crippen molar-refractivity contribution in [3.05, 3.63) is 193 Å². The Morgan fingerprint density at radius 2 is 1.04 bits per heavy atom. The van der Waals surface area contributed by atoms with Gasteiger partial charge in [-0.2, -0.15) is 0 Å². The van der Waals surface area contributed by atoms with Gasteiger partial charge < -0.3 is 4.42 Å². The molecule has 3 nitrogen and oxygen atoms in total. The van der Waals surface area contributed by atoms with Crippen molar-refractivity contribution in [1.29, 1.82) is 0 Å². The fourth-order valence-corrected chi connectivity index (χ4v) is 8.83. The Bertz CT molecular complexity index is 3150. The molecule has 1 aliphatic rings. The first-order valence-electron chi connectivity index (χ1n) is 19.2. The molecule has 0 N–H and O–H groups in total. The van der Waals surface area contributed by atoms with Crippen LogP contribution in [-0.2, 0) is 5.41 Å². The average Bonchev–Trinajstić information content (AvgIpc) is 3.74. The highest BCUT2D eigenvalue weighted by Crippen LogP contribution is 2.54. The molecule has 2 aromatic heterocycles. The third kappa shape index (κ3) is 5.12. The lowest BCUT2D eigenvalue weighted by Gasteiger charge is -2.22.